The molecule has 0 radical (unpaired) electrons. The molecule has 0 amide bonds. The molecule has 0 atom stereocenters. The van der Waals surface area contributed by atoms with Gasteiger partial charge in [-0.3, -0.25) is 4.98 Å². The van der Waals surface area contributed by atoms with E-state index in [1.165, 1.54) is 0 Å². The molecule has 2 aliphatic heterocycles. The van der Waals surface area contributed by atoms with Crippen LogP contribution in [-0.4, -0.2) is 24.9 Å². The monoisotopic (exact) mass is 401 g/mol. The number of hydrogen-bond donors (Lipinski definition) is 2. The van der Waals surface area contributed by atoms with Crippen molar-refractivity contribution in [2.75, 3.05) is 0 Å². The Labute approximate surface area is 178 Å². The summed E-state index contributed by atoms with van der Waals surface area (Å²) in [6.07, 6.45) is 9.98. The van der Waals surface area contributed by atoms with Crippen molar-refractivity contribution in [3.63, 3.8) is 0 Å². The highest BCUT2D eigenvalue weighted by atomic mass is 14.8. The first-order valence-corrected chi connectivity index (χ1v) is 10.2. The number of nitrogens with zero attached hydrogens (tertiary/aromatic N) is 3. The van der Waals surface area contributed by atoms with E-state index in [1.807, 2.05) is 54.8 Å². The third kappa shape index (κ3) is 3.36. The molecule has 6 heterocycles. The van der Waals surface area contributed by atoms with E-state index in [0.717, 1.165) is 61.7 Å². The van der Waals surface area contributed by atoms with Crippen LogP contribution >= 0.6 is 0 Å². The number of fused-ring (bicyclic) bond motifs is 8. The van der Waals surface area contributed by atoms with Crippen molar-refractivity contribution in [2.45, 2.75) is 6.92 Å². The molecule has 5 nitrogen and oxygen atoms in total. The van der Waals surface area contributed by atoms with E-state index in [0.29, 0.717) is 0 Å². The van der Waals surface area contributed by atoms with Gasteiger partial charge >= 0.3 is 0 Å². The molecule has 0 saturated carbocycles. The van der Waals surface area contributed by atoms with Gasteiger partial charge in [0.25, 0.3) is 0 Å². The zero-order valence-electron chi connectivity index (χ0n) is 16.9. The number of aromatic nitrogens is 5. The SMILES string of the molecule is Cc1ccnc(-c2c3nc(cc4ccc(cc5nc(cc6ccc2[nH]6)C=C5)[nH]4)C=C3)c1. The highest BCUT2D eigenvalue weighted by Gasteiger charge is 2.12. The normalized spacial score (nSPS) is 12.4. The van der Waals surface area contributed by atoms with Crippen molar-refractivity contribution in [3.8, 4) is 11.3 Å². The fourth-order valence-electron chi connectivity index (χ4n) is 3.95. The first-order chi connectivity index (χ1) is 15.2. The van der Waals surface area contributed by atoms with Crippen molar-refractivity contribution in [2.24, 2.45) is 0 Å². The fraction of sp³-hybridized carbons (Fsp3) is 0.0385. The van der Waals surface area contributed by atoms with Gasteiger partial charge in [-0.05, 0) is 91.4 Å². The van der Waals surface area contributed by atoms with Crippen LogP contribution in [0.3, 0.4) is 0 Å². The van der Waals surface area contributed by atoms with E-state index in [9.17, 15) is 0 Å². The molecule has 0 unspecified atom stereocenters. The van der Waals surface area contributed by atoms with Gasteiger partial charge in [0.2, 0.25) is 0 Å². The number of aryl methyl sites for hydroxylation is 1. The Bertz CT molecular complexity index is 1550. The number of pyridine rings is 1. The van der Waals surface area contributed by atoms with E-state index in [2.05, 4.69) is 52.2 Å². The molecule has 4 aromatic rings. The van der Waals surface area contributed by atoms with Crippen molar-refractivity contribution in [3.05, 3.63) is 89.1 Å². The maximum Gasteiger partial charge on any atom is 0.0752 e. The standard InChI is InChI=1S/C26H19N5/c1-16-10-11-27-25(12-16)26-23-8-6-21(30-23)14-19-4-2-17(28-19)13-18-3-5-20(29-18)15-22-7-9-24(26)31-22/h2-15,28,31H,1H3. The summed E-state index contributed by atoms with van der Waals surface area (Å²) in [6, 6.07) is 18.5. The van der Waals surface area contributed by atoms with Crippen molar-refractivity contribution < 1.29 is 0 Å². The van der Waals surface area contributed by atoms with Crippen LogP contribution < -0.4 is 0 Å². The van der Waals surface area contributed by atoms with E-state index < -0.39 is 0 Å². The summed E-state index contributed by atoms with van der Waals surface area (Å²) in [7, 11) is 0. The second kappa shape index (κ2) is 6.92. The maximum absolute atomic E-state index is 4.90. The third-order valence-corrected chi connectivity index (χ3v) is 5.39. The summed E-state index contributed by atoms with van der Waals surface area (Å²) in [6.45, 7) is 2.07. The first kappa shape index (κ1) is 17.6. The molecule has 148 valence electrons. The number of rotatable bonds is 1. The summed E-state index contributed by atoms with van der Waals surface area (Å²) in [5.41, 5.74) is 10.6. The topological polar surface area (TPSA) is 70.2 Å². The lowest BCUT2D eigenvalue weighted by atomic mass is 10.1. The Kier molecular flexibility index (Phi) is 3.93. The molecular formula is C26H19N5. The largest absolute Gasteiger partial charge is 0.355 e. The summed E-state index contributed by atoms with van der Waals surface area (Å²) >= 11 is 0. The van der Waals surface area contributed by atoms with Crippen LogP contribution in [-0.2, 0) is 0 Å². The Balaban J connectivity index is 1.73. The van der Waals surface area contributed by atoms with Gasteiger partial charge in [-0.2, -0.15) is 0 Å². The highest BCUT2D eigenvalue weighted by molar-refractivity contribution is 5.90. The van der Waals surface area contributed by atoms with Crippen molar-refractivity contribution in [1.29, 1.82) is 0 Å². The van der Waals surface area contributed by atoms with Crippen LogP contribution in [0.15, 0.2) is 60.8 Å². The molecule has 4 aromatic heterocycles. The van der Waals surface area contributed by atoms with Crippen LogP contribution in [0.25, 0.3) is 57.6 Å². The zero-order valence-corrected chi connectivity index (χ0v) is 16.9. The molecule has 5 heteroatoms. The van der Waals surface area contributed by atoms with Gasteiger partial charge in [0, 0.05) is 28.3 Å². The second-order valence-corrected chi connectivity index (χ2v) is 7.77. The number of hydrogen-bond acceptors (Lipinski definition) is 3. The minimum Gasteiger partial charge on any atom is -0.355 e. The van der Waals surface area contributed by atoms with Gasteiger partial charge in [0.05, 0.1) is 34.0 Å². The maximum atomic E-state index is 4.90. The molecule has 8 bridgehead atoms. The minimum atomic E-state index is 0.886. The van der Waals surface area contributed by atoms with Gasteiger partial charge in [0.1, 0.15) is 0 Å². The second-order valence-electron chi connectivity index (χ2n) is 7.77. The zero-order chi connectivity index (χ0) is 20.8. The van der Waals surface area contributed by atoms with Crippen LogP contribution in [0.1, 0.15) is 28.3 Å². The van der Waals surface area contributed by atoms with Gasteiger partial charge in [-0.25, -0.2) is 9.97 Å². The van der Waals surface area contributed by atoms with Gasteiger partial charge in [-0.1, -0.05) is 0 Å². The van der Waals surface area contributed by atoms with E-state index >= 15 is 0 Å². The van der Waals surface area contributed by atoms with E-state index in [4.69, 9.17) is 9.97 Å². The number of nitrogens with one attached hydrogen (secondary N) is 2. The smallest absolute Gasteiger partial charge is 0.0752 e. The molecule has 0 aliphatic carbocycles. The van der Waals surface area contributed by atoms with Crippen LogP contribution in [0.5, 0.6) is 0 Å². The fourth-order valence-corrected chi connectivity index (χ4v) is 3.95. The summed E-state index contributed by atoms with van der Waals surface area (Å²) < 4.78 is 0. The van der Waals surface area contributed by atoms with Crippen molar-refractivity contribution >= 4 is 46.4 Å². The van der Waals surface area contributed by atoms with Crippen molar-refractivity contribution in [1.82, 2.24) is 24.9 Å². The highest BCUT2D eigenvalue weighted by Crippen LogP contribution is 2.29. The quantitative estimate of drug-likeness (QED) is 0.354. The molecule has 0 spiro atoms. The van der Waals surface area contributed by atoms with E-state index in [-0.39, 0.29) is 0 Å². The Morgan fingerprint density at radius 3 is 2.03 bits per heavy atom. The molecule has 0 fully saturated rings. The molecule has 0 aromatic carbocycles. The molecular weight excluding hydrogens is 382 g/mol. The van der Waals surface area contributed by atoms with Gasteiger partial charge < -0.3 is 9.97 Å². The third-order valence-electron chi connectivity index (χ3n) is 5.39. The minimum absolute atomic E-state index is 0.886. The van der Waals surface area contributed by atoms with E-state index in [1.54, 1.807) is 0 Å². The Hall–Kier alpha value is -4.25. The molecule has 2 N–H and O–H groups in total. The number of aromatic amines is 2. The predicted octanol–water partition coefficient (Wildman–Crippen LogP) is 6.03. The molecule has 31 heavy (non-hydrogen) atoms. The average Bonchev–Trinajstić information content (AvgIpc) is 3.53. The Morgan fingerprint density at radius 1 is 0.645 bits per heavy atom. The predicted molar refractivity (Wildman–Crippen MR) is 127 cm³/mol. The summed E-state index contributed by atoms with van der Waals surface area (Å²) in [5.74, 6) is 0. The molecule has 0 saturated heterocycles. The van der Waals surface area contributed by atoms with Gasteiger partial charge in [-0.15, -0.1) is 0 Å². The van der Waals surface area contributed by atoms with Crippen LogP contribution in [0.4, 0.5) is 0 Å². The molecule has 6 rings (SSSR count). The lowest BCUT2D eigenvalue weighted by molar-refractivity contribution is 1.26. The molecule has 2 aliphatic rings. The van der Waals surface area contributed by atoms with Crippen LogP contribution in [0, 0.1) is 6.92 Å². The first-order valence-electron chi connectivity index (χ1n) is 10.2. The Morgan fingerprint density at radius 2 is 1.29 bits per heavy atom. The number of H-pyrrole nitrogens is 2. The van der Waals surface area contributed by atoms with Gasteiger partial charge in [0.15, 0.2) is 0 Å². The summed E-state index contributed by atoms with van der Waals surface area (Å²) in [4.78, 5) is 21.2. The van der Waals surface area contributed by atoms with Crippen LogP contribution in [0.2, 0.25) is 0 Å². The lowest BCUT2D eigenvalue weighted by Gasteiger charge is -2.03. The lowest BCUT2D eigenvalue weighted by Crippen LogP contribution is -1.89. The summed E-state index contributed by atoms with van der Waals surface area (Å²) in [5, 5.41) is 0. The average molecular weight is 401 g/mol.